The number of pyridine rings is 1. The minimum atomic E-state index is -1.12. The number of benzene rings is 1. The third-order valence-electron chi connectivity index (χ3n) is 2.44. The van der Waals surface area contributed by atoms with Crippen LogP contribution in [0.15, 0.2) is 42.6 Å². The molecule has 0 aliphatic carbocycles. The Balaban J connectivity index is 2.16. The third kappa shape index (κ3) is 2.63. The highest BCUT2D eigenvalue weighted by atomic mass is 19.1. The number of hydrogen-bond acceptors (Lipinski definition) is 3. The van der Waals surface area contributed by atoms with Crippen LogP contribution < -0.4 is 5.32 Å². The van der Waals surface area contributed by atoms with E-state index < -0.39 is 5.97 Å². The number of halogens is 1. The molecule has 1 heterocycles. The van der Waals surface area contributed by atoms with Crippen molar-refractivity contribution in [3.8, 4) is 0 Å². The van der Waals surface area contributed by atoms with Crippen molar-refractivity contribution >= 4 is 11.7 Å². The summed E-state index contributed by atoms with van der Waals surface area (Å²) in [7, 11) is 0. The number of rotatable bonds is 4. The fraction of sp³-hybridized carbons (Fsp3) is 0.0769. The molecule has 92 valence electrons. The summed E-state index contributed by atoms with van der Waals surface area (Å²) in [5.41, 5.74) is 0.764. The molecule has 0 unspecified atom stereocenters. The molecule has 0 atom stereocenters. The Labute approximate surface area is 103 Å². The number of nitrogens with one attached hydrogen (secondary N) is 1. The molecule has 4 nitrogen and oxygen atoms in total. The van der Waals surface area contributed by atoms with Crippen LogP contribution in [0.1, 0.15) is 16.1 Å². The smallest absolute Gasteiger partial charge is 0.356 e. The van der Waals surface area contributed by atoms with Gasteiger partial charge in [0.2, 0.25) is 0 Å². The zero-order valence-corrected chi connectivity index (χ0v) is 9.43. The molecule has 2 N–H and O–H groups in total. The van der Waals surface area contributed by atoms with Gasteiger partial charge in [-0.15, -0.1) is 0 Å². The molecule has 0 bridgehead atoms. The number of aromatic carboxylic acids is 1. The maximum atomic E-state index is 13.4. The summed E-state index contributed by atoms with van der Waals surface area (Å²) in [5.74, 6) is -1.45. The summed E-state index contributed by atoms with van der Waals surface area (Å²) in [5, 5.41) is 11.8. The Morgan fingerprint density at radius 1 is 1.28 bits per heavy atom. The monoisotopic (exact) mass is 246 g/mol. The van der Waals surface area contributed by atoms with Crippen molar-refractivity contribution in [2.24, 2.45) is 0 Å². The van der Waals surface area contributed by atoms with E-state index in [0.29, 0.717) is 11.3 Å². The number of anilines is 1. The largest absolute Gasteiger partial charge is 0.476 e. The van der Waals surface area contributed by atoms with Crippen LogP contribution in [0, 0.1) is 5.82 Å². The molecule has 0 aliphatic rings. The molecule has 0 saturated heterocycles. The fourth-order valence-electron chi connectivity index (χ4n) is 1.55. The molecule has 0 aliphatic heterocycles. The minimum Gasteiger partial charge on any atom is -0.476 e. The normalized spacial score (nSPS) is 10.1. The fourth-order valence-corrected chi connectivity index (χ4v) is 1.55. The van der Waals surface area contributed by atoms with E-state index in [0.717, 1.165) is 0 Å². The second kappa shape index (κ2) is 5.27. The van der Waals surface area contributed by atoms with Crippen LogP contribution in [0.3, 0.4) is 0 Å². The van der Waals surface area contributed by atoms with Gasteiger partial charge in [-0.05, 0) is 18.2 Å². The molecule has 0 radical (unpaired) electrons. The second-order valence-electron chi connectivity index (χ2n) is 3.65. The lowest BCUT2D eigenvalue weighted by atomic mass is 10.2. The Morgan fingerprint density at radius 3 is 2.78 bits per heavy atom. The summed E-state index contributed by atoms with van der Waals surface area (Å²) in [4.78, 5) is 14.7. The van der Waals surface area contributed by atoms with E-state index in [4.69, 9.17) is 5.11 Å². The van der Waals surface area contributed by atoms with Crippen LogP contribution in [0.5, 0.6) is 0 Å². The first-order chi connectivity index (χ1) is 8.68. The highest BCUT2D eigenvalue weighted by molar-refractivity contribution is 5.91. The summed E-state index contributed by atoms with van der Waals surface area (Å²) in [6.45, 7) is 0.207. The molecule has 5 heteroatoms. The first-order valence-electron chi connectivity index (χ1n) is 5.34. The number of aromatic nitrogens is 1. The summed E-state index contributed by atoms with van der Waals surface area (Å²) in [6, 6.07) is 9.54. The van der Waals surface area contributed by atoms with E-state index in [2.05, 4.69) is 10.3 Å². The SMILES string of the molecule is O=C(O)c1ncccc1NCc1ccccc1F. The zero-order chi connectivity index (χ0) is 13.0. The molecule has 0 amide bonds. The summed E-state index contributed by atoms with van der Waals surface area (Å²) in [6.07, 6.45) is 1.40. The number of nitrogens with zero attached hydrogens (tertiary/aromatic N) is 1. The highest BCUT2D eigenvalue weighted by Gasteiger charge is 2.10. The maximum absolute atomic E-state index is 13.4. The Kier molecular flexibility index (Phi) is 3.52. The Hall–Kier alpha value is -2.43. The predicted molar refractivity (Wildman–Crippen MR) is 64.9 cm³/mol. The molecule has 2 aromatic rings. The average molecular weight is 246 g/mol. The van der Waals surface area contributed by atoms with Crippen molar-refractivity contribution in [3.63, 3.8) is 0 Å². The van der Waals surface area contributed by atoms with Gasteiger partial charge in [0, 0.05) is 18.3 Å². The lowest BCUT2D eigenvalue weighted by molar-refractivity contribution is 0.0691. The van der Waals surface area contributed by atoms with Crippen molar-refractivity contribution in [2.45, 2.75) is 6.54 Å². The molecular formula is C13H11FN2O2. The van der Waals surface area contributed by atoms with Crippen LogP contribution in [0.25, 0.3) is 0 Å². The van der Waals surface area contributed by atoms with Crippen molar-refractivity contribution in [1.82, 2.24) is 4.98 Å². The van der Waals surface area contributed by atoms with Gasteiger partial charge in [0.05, 0.1) is 5.69 Å². The van der Waals surface area contributed by atoms with Gasteiger partial charge in [0.25, 0.3) is 0 Å². The average Bonchev–Trinajstić information content (AvgIpc) is 2.38. The van der Waals surface area contributed by atoms with Gasteiger partial charge in [-0.1, -0.05) is 18.2 Å². The summed E-state index contributed by atoms with van der Waals surface area (Å²) < 4.78 is 13.4. The van der Waals surface area contributed by atoms with Gasteiger partial charge in [-0.2, -0.15) is 0 Å². The van der Waals surface area contributed by atoms with E-state index in [1.54, 1.807) is 30.3 Å². The number of hydrogen-bond donors (Lipinski definition) is 2. The first kappa shape index (κ1) is 12.0. The van der Waals surface area contributed by atoms with E-state index in [-0.39, 0.29) is 18.1 Å². The number of carboxylic acids is 1. The minimum absolute atomic E-state index is 0.0751. The predicted octanol–water partition coefficient (Wildman–Crippen LogP) is 2.53. The van der Waals surface area contributed by atoms with Crippen LogP contribution in [-0.4, -0.2) is 16.1 Å². The van der Waals surface area contributed by atoms with Crippen LogP contribution in [0.4, 0.5) is 10.1 Å². The number of carboxylic acid groups (broad SMARTS) is 1. The van der Waals surface area contributed by atoms with E-state index >= 15 is 0 Å². The number of carbonyl (C=O) groups is 1. The van der Waals surface area contributed by atoms with Crippen molar-refractivity contribution in [2.75, 3.05) is 5.32 Å². The first-order valence-corrected chi connectivity index (χ1v) is 5.34. The van der Waals surface area contributed by atoms with Crippen molar-refractivity contribution < 1.29 is 14.3 Å². The molecule has 0 fully saturated rings. The van der Waals surface area contributed by atoms with Gasteiger partial charge in [-0.25, -0.2) is 14.2 Å². The van der Waals surface area contributed by atoms with E-state index in [1.165, 1.54) is 12.3 Å². The third-order valence-corrected chi connectivity index (χ3v) is 2.44. The topological polar surface area (TPSA) is 62.2 Å². The van der Waals surface area contributed by atoms with Crippen LogP contribution in [-0.2, 0) is 6.54 Å². The van der Waals surface area contributed by atoms with Gasteiger partial charge < -0.3 is 10.4 Å². The molecule has 0 saturated carbocycles. The molecule has 1 aromatic carbocycles. The van der Waals surface area contributed by atoms with Gasteiger partial charge in [0.15, 0.2) is 5.69 Å². The van der Waals surface area contributed by atoms with Crippen molar-refractivity contribution in [3.05, 3.63) is 59.7 Å². The van der Waals surface area contributed by atoms with Gasteiger partial charge >= 0.3 is 5.97 Å². The quantitative estimate of drug-likeness (QED) is 0.870. The van der Waals surface area contributed by atoms with Crippen LogP contribution >= 0.6 is 0 Å². The highest BCUT2D eigenvalue weighted by Crippen LogP contribution is 2.14. The second-order valence-corrected chi connectivity index (χ2v) is 3.65. The van der Waals surface area contributed by atoms with E-state index in [1.807, 2.05) is 0 Å². The molecule has 1 aromatic heterocycles. The Bertz CT molecular complexity index is 572. The lowest BCUT2D eigenvalue weighted by Gasteiger charge is -2.09. The zero-order valence-electron chi connectivity index (χ0n) is 9.43. The Morgan fingerprint density at radius 2 is 2.06 bits per heavy atom. The molecule has 2 rings (SSSR count). The maximum Gasteiger partial charge on any atom is 0.356 e. The molecule has 0 spiro atoms. The van der Waals surface area contributed by atoms with Gasteiger partial charge in [0.1, 0.15) is 5.82 Å². The molecule has 18 heavy (non-hydrogen) atoms. The lowest BCUT2D eigenvalue weighted by Crippen LogP contribution is -2.08. The van der Waals surface area contributed by atoms with Gasteiger partial charge in [-0.3, -0.25) is 0 Å². The van der Waals surface area contributed by atoms with Crippen molar-refractivity contribution in [1.29, 1.82) is 0 Å². The summed E-state index contributed by atoms with van der Waals surface area (Å²) >= 11 is 0. The van der Waals surface area contributed by atoms with E-state index in [9.17, 15) is 9.18 Å². The molecular weight excluding hydrogens is 235 g/mol. The standard InChI is InChI=1S/C13H11FN2O2/c14-10-5-2-1-4-9(10)8-16-11-6-3-7-15-12(11)13(17)18/h1-7,16H,8H2,(H,17,18). The van der Waals surface area contributed by atoms with Crippen LogP contribution in [0.2, 0.25) is 0 Å².